The smallest absolute Gasteiger partial charge is 0.440 e. The highest BCUT2D eigenvalue weighted by Crippen LogP contribution is 2.18. The normalized spacial score (nSPS) is 12.8. The van der Waals surface area contributed by atoms with Gasteiger partial charge in [0.2, 0.25) is 0 Å². The van der Waals surface area contributed by atoms with Crippen LogP contribution >= 0.6 is 0 Å². The number of carbonyl (C=O) groups is 1. The van der Waals surface area contributed by atoms with Gasteiger partial charge in [0.05, 0.1) is 0 Å². The zero-order chi connectivity index (χ0) is 38.8. The summed E-state index contributed by atoms with van der Waals surface area (Å²) in [7, 11) is 0. The van der Waals surface area contributed by atoms with Gasteiger partial charge in [-0.3, -0.25) is 5.32 Å². The molecule has 5 nitrogen and oxygen atoms in total. The highest BCUT2D eigenvalue weighted by atomic mass is 19.4. The fourth-order valence-electron chi connectivity index (χ4n) is 6.51. The van der Waals surface area contributed by atoms with E-state index in [-0.39, 0.29) is 0 Å². The van der Waals surface area contributed by atoms with Crippen molar-refractivity contribution in [2.24, 2.45) is 0 Å². The van der Waals surface area contributed by atoms with Crippen LogP contribution in [0.2, 0.25) is 0 Å². The van der Waals surface area contributed by atoms with Crippen LogP contribution in [0.1, 0.15) is 213 Å². The number of nitrogens with one attached hydrogen (secondary N) is 3. The van der Waals surface area contributed by atoms with Crippen LogP contribution in [0.25, 0.3) is 0 Å². The Labute approximate surface area is 326 Å². The second-order valence-electron chi connectivity index (χ2n) is 15.2. The van der Waals surface area contributed by atoms with Crippen LogP contribution in [-0.2, 0) is 9.53 Å². The van der Waals surface area contributed by atoms with Gasteiger partial charge in [0, 0.05) is 6.42 Å². The summed E-state index contributed by atoms with van der Waals surface area (Å²) in [6.07, 6.45) is 41.4. The molecule has 0 bridgehead atoms. The van der Waals surface area contributed by atoms with E-state index in [1.54, 1.807) is 0 Å². The predicted molar refractivity (Wildman–Crippen MR) is 222 cm³/mol. The lowest BCUT2D eigenvalue weighted by Gasteiger charge is -2.20. The minimum atomic E-state index is -4.98. The maximum Gasteiger partial charge on any atom is 0.490 e. The van der Waals surface area contributed by atoms with Gasteiger partial charge in [0.1, 0.15) is 0 Å². The summed E-state index contributed by atoms with van der Waals surface area (Å²) in [5.41, 5.74) is 0. The molecule has 0 radical (unpaired) electrons. The summed E-state index contributed by atoms with van der Waals surface area (Å²) >= 11 is 0. The van der Waals surface area contributed by atoms with Crippen LogP contribution in [0.3, 0.4) is 0 Å². The van der Waals surface area contributed by atoms with E-state index < -0.39 is 18.4 Å². The van der Waals surface area contributed by atoms with Crippen molar-refractivity contribution in [3.8, 4) is 0 Å². The molecule has 0 fully saturated rings. The third-order valence-electron chi connectivity index (χ3n) is 9.95. The Morgan fingerprint density at radius 1 is 0.472 bits per heavy atom. The average molecular weight is 758 g/mol. The molecular weight excluding hydrogens is 672 g/mol. The number of carbonyl (C=O) groups excluding carboxylic acids is 1. The maximum atomic E-state index is 12.8. The molecule has 53 heavy (non-hydrogen) atoms. The van der Waals surface area contributed by atoms with E-state index in [1.165, 1.54) is 154 Å². The molecule has 0 aromatic heterocycles. The molecule has 3 N–H and O–H groups in total. The molecule has 1 unspecified atom stereocenters. The molecule has 0 aromatic carbocycles. The minimum absolute atomic E-state index is 0.308. The first-order valence-corrected chi connectivity index (χ1v) is 22.6. The topological polar surface area (TPSA) is 62.4 Å². The summed E-state index contributed by atoms with van der Waals surface area (Å²) in [5, 5.41) is 9.86. The summed E-state index contributed by atoms with van der Waals surface area (Å²) in [5.74, 6) is -2.12. The van der Waals surface area contributed by atoms with Crippen LogP contribution in [0.4, 0.5) is 13.2 Å². The van der Waals surface area contributed by atoms with E-state index in [9.17, 15) is 18.0 Å². The Bertz CT molecular complexity index is 806. The van der Waals surface area contributed by atoms with E-state index in [4.69, 9.17) is 4.74 Å². The lowest BCUT2D eigenvalue weighted by atomic mass is 10.1. The number of esters is 1. The number of halogens is 3. The summed E-state index contributed by atoms with van der Waals surface area (Å²) in [4.78, 5) is 11.5. The van der Waals surface area contributed by atoms with Crippen molar-refractivity contribution in [3.05, 3.63) is 24.3 Å². The molecule has 0 saturated heterocycles. The van der Waals surface area contributed by atoms with Gasteiger partial charge in [0.15, 0.2) is 6.23 Å². The lowest BCUT2D eigenvalue weighted by Crippen LogP contribution is -2.40. The largest absolute Gasteiger partial charge is 0.490 e. The third-order valence-corrected chi connectivity index (χ3v) is 9.95. The van der Waals surface area contributed by atoms with Crippen molar-refractivity contribution >= 4 is 5.97 Å². The molecule has 0 heterocycles. The number of hydrogen-bond donors (Lipinski definition) is 3. The van der Waals surface area contributed by atoms with Gasteiger partial charge < -0.3 is 15.4 Å². The molecule has 0 amide bonds. The van der Waals surface area contributed by atoms with Crippen molar-refractivity contribution in [2.75, 3.05) is 32.7 Å². The summed E-state index contributed by atoms with van der Waals surface area (Å²) in [6.45, 7) is 8.40. The van der Waals surface area contributed by atoms with Crippen LogP contribution in [0.5, 0.6) is 0 Å². The zero-order valence-electron chi connectivity index (χ0n) is 34.8. The fourth-order valence-corrected chi connectivity index (χ4v) is 6.51. The van der Waals surface area contributed by atoms with Gasteiger partial charge >= 0.3 is 12.1 Å². The third kappa shape index (κ3) is 41.6. The maximum absolute atomic E-state index is 12.8. The molecule has 0 spiro atoms. The molecule has 0 aromatic rings. The van der Waals surface area contributed by atoms with Gasteiger partial charge in [-0.25, -0.2) is 4.79 Å². The van der Waals surface area contributed by atoms with Crippen LogP contribution < -0.4 is 16.0 Å². The molecule has 8 heteroatoms. The first-order valence-electron chi connectivity index (χ1n) is 22.6. The van der Waals surface area contributed by atoms with E-state index in [0.717, 1.165) is 58.2 Å². The highest BCUT2D eigenvalue weighted by Gasteiger charge is 2.42. The zero-order valence-corrected chi connectivity index (χ0v) is 34.8. The van der Waals surface area contributed by atoms with E-state index in [1.807, 2.05) is 0 Å². The second kappa shape index (κ2) is 41.8. The van der Waals surface area contributed by atoms with Gasteiger partial charge in [-0.2, -0.15) is 13.2 Å². The Morgan fingerprint density at radius 3 is 1.19 bits per heavy atom. The molecular formula is C45H86F3N3O2. The van der Waals surface area contributed by atoms with Crippen molar-refractivity contribution in [1.29, 1.82) is 0 Å². The fraction of sp³-hybridized carbons (Fsp3) is 0.889. The van der Waals surface area contributed by atoms with Crippen LogP contribution in [0.15, 0.2) is 24.3 Å². The molecule has 0 saturated carbocycles. The number of hydrogen-bond acceptors (Lipinski definition) is 5. The average Bonchev–Trinajstić information content (AvgIpc) is 3.14. The predicted octanol–water partition coefficient (Wildman–Crippen LogP) is 13.4. The standard InChI is InChI=1S/C45H86F3N3O2/c1-3-5-7-9-11-13-15-17-19-21-23-25-27-29-31-33-38-49-39-35-36-40-50-42-37-43(53-44(52)45(46,47)48)51-41-34-32-30-28-26-24-22-20-18-16-14-12-10-8-6-4-2/h17-20,43,49-51H,3-16,21-42H2,1-2H3/b19-17-,20-18-. The monoisotopic (exact) mass is 758 g/mol. The minimum Gasteiger partial charge on any atom is -0.440 e. The van der Waals surface area contributed by atoms with Crippen molar-refractivity contribution in [3.63, 3.8) is 0 Å². The van der Waals surface area contributed by atoms with Gasteiger partial charge in [-0.15, -0.1) is 0 Å². The van der Waals surface area contributed by atoms with Crippen LogP contribution in [-0.4, -0.2) is 51.1 Å². The Kier molecular flexibility index (Phi) is 40.7. The van der Waals surface area contributed by atoms with Crippen molar-refractivity contribution < 1.29 is 22.7 Å². The second-order valence-corrected chi connectivity index (χ2v) is 15.2. The first kappa shape index (κ1) is 51.6. The number of rotatable bonds is 42. The Balaban J connectivity index is 3.71. The van der Waals surface area contributed by atoms with Crippen molar-refractivity contribution in [1.82, 2.24) is 16.0 Å². The lowest BCUT2D eigenvalue weighted by molar-refractivity contribution is -0.206. The van der Waals surface area contributed by atoms with Gasteiger partial charge in [0.25, 0.3) is 0 Å². The van der Waals surface area contributed by atoms with E-state index >= 15 is 0 Å². The number of allylic oxidation sites excluding steroid dienone is 4. The van der Waals surface area contributed by atoms with E-state index in [2.05, 4.69) is 54.1 Å². The quantitative estimate of drug-likeness (QED) is 0.0250. The summed E-state index contributed by atoms with van der Waals surface area (Å²) in [6, 6.07) is 0. The van der Waals surface area contributed by atoms with Gasteiger partial charge in [-0.05, 0) is 110 Å². The molecule has 0 aliphatic heterocycles. The molecule has 0 aliphatic rings. The molecule has 0 rings (SSSR count). The number of ether oxygens (including phenoxy) is 1. The Hall–Kier alpha value is -1.38. The molecule has 0 aliphatic carbocycles. The molecule has 314 valence electrons. The van der Waals surface area contributed by atoms with Gasteiger partial charge in [-0.1, -0.05) is 154 Å². The van der Waals surface area contributed by atoms with E-state index in [0.29, 0.717) is 19.5 Å². The number of alkyl halides is 3. The number of unbranched alkanes of at least 4 members (excludes halogenated alkanes) is 25. The SMILES string of the molecule is CCCCCCCC/C=C\CCCCCCCCNCCCCNCCC(NCCCCCCCC/C=C\CCCCCCCC)OC(=O)C(F)(F)F. The molecule has 1 atom stereocenters. The first-order chi connectivity index (χ1) is 25.9. The summed E-state index contributed by atoms with van der Waals surface area (Å²) < 4.78 is 43.3. The Morgan fingerprint density at radius 2 is 0.792 bits per heavy atom. The van der Waals surface area contributed by atoms with Crippen molar-refractivity contribution in [2.45, 2.75) is 225 Å². The highest BCUT2D eigenvalue weighted by molar-refractivity contribution is 5.75. The van der Waals surface area contributed by atoms with Crippen LogP contribution in [0, 0.1) is 0 Å².